The van der Waals surface area contributed by atoms with E-state index in [4.69, 9.17) is 9.97 Å². The maximum Gasteiger partial charge on any atom is 0.160 e. The van der Waals surface area contributed by atoms with Gasteiger partial charge < -0.3 is 9.13 Å². The Morgan fingerprint density at radius 3 is 1.76 bits per heavy atom. The van der Waals surface area contributed by atoms with Crippen molar-refractivity contribution in [2.75, 3.05) is 0 Å². The van der Waals surface area contributed by atoms with E-state index >= 15 is 0 Å². The lowest BCUT2D eigenvalue weighted by atomic mass is 9.87. The number of allylic oxidation sites excluding steroid dienone is 1. The van der Waals surface area contributed by atoms with Crippen LogP contribution in [-0.4, -0.2) is 19.1 Å². The Morgan fingerprint density at radius 1 is 0.463 bits per heavy atom. The van der Waals surface area contributed by atoms with Crippen molar-refractivity contribution in [2.24, 2.45) is 0 Å². The number of rotatable bonds is 5. The van der Waals surface area contributed by atoms with Crippen molar-refractivity contribution >= 4 is 49.7 Å². The molecule has 0 unspecified atom stereocenters. The van der Waals surface area contributed by atoms with E-state index in [-0.39, 0.29) is 5.92 Å². The van der Waals surface area contributed by atoms with Gasteiger partial charge in [-0.05, 0) is 78.7 Å². The van der Waals surface area contributed by atoms with E-state index in [2.05, 4.69) is 197 Å². The average Bonchev–Trinajstić information content (AvgIpc) is 3.76. The molecule has 4 heteroatoms. The molecule has 4 nitrogen and oxygen atoms in total. The van der Waals surface area contributed by atoms with Crippen molar-refractivity contribution in [3.8, 4) is 34.0 Å². The first-order valence-corrected chi connectivity index (χ1v) is 18.6. The van der Waals surface area contributed by atoms with Gasteiger partial charge in [0.2, 0.25) is 0 Å². The molecule has 0 saturated carbocycles. The summed E-state index contributed by atoms with van der Waals surface area (Å²) in [5, 5.41) is 4.86. The molecule has 10 aromatic rings. The Kier molecular flexibility index (Phi) is 6.96. The maximum atomic E-state index is 5.30. The molecule has 0 spiro atoms. The fourth-order valence-corrected chi connectivity index (χ4v) is 8.58. The largest absolute Gasteiger partial charge is 0.313 e. The molecular formula is C50H34N4. The number of aromatic nitrogens is 4. The predicted octanol–water partition coefficient (Wildman–Crippen LogP) is 12.4. The van der Waals surface area contributed by atoms with Gasteiger partial charge in [-0.15, -0.1) is 0 Å². The van der Waals surface area contributed by atoms with Crippen molar-refractivity contribution in [2.45, 2.75) is 12.3 Å². The first-order valence-electron chi connectivity index (χ1n) is 18.6. The molecule has 1 aliphatic rings. The van der Waals surface area contributed by atoms with Crippen LogP contribution in [0.3, 0.4) is 0 Å². The fraction of sp³-hybridized carbons (Fsp3) is 0.0400. The lowest BCUT2D eigenvalue weighted by molar-refractivity contribution is 0.784. The lowest BCUT2D eigenvalue weighted by Gasteiger charge is -2.21. The Hall–Kier alpha value is -7.04. The maximum absolute atomic E-state index is 5.30. The van der Waals surface area contributed by atoms with E-state index in [0.717, 1.165) is 45.7 Å². The van der Waals surface area contributed by atoms with Crippen LogP contribution in [0, 0.1) is 0 Å². The second kappa shape index (κ2) is 12.3. The van der Waals surface area contributed by atoms with Crippen molar-refractivity contribution in [3.05, 3.63) is 199 Å². The van der Waals surface area contributed by atoms with Crippen LogP contribution in [0.15, 0.2) is 182 Å². The highest BCUT2D eigenvalue weighted by Gasteiger charge is 2.24. The van der Waals surface area contributed by atoms with Crippen molar-refractivity contribution in [3.63, 3.8) is 0 Å². The molecule has 0 N–H and O–H groups in total. The molecule has 254 valence electrons. The Bertz CT molecular complexity index is 3010. The SMILES string of the molecule is C1=C[C@H](c2ccc3nc(-c4ccc(-n5c6ccccc6c6ccccc65)cc4)nc(-c4ccccc4)c3c2)Cc2c1c1ccccc1n2-c1ccccc1. The molecule has 0 amide bonds. The van der Waals surface area contributed by atoms with E-state index in [0.29, 0.717) is 0 Å². The summed E-state index contributed by atoms with van der Waals surface area (Å²) in [4.78, 5) is 10.5. The molecule has 0 saturated heterocycles. The number of hydrogen-bond donors (Lipinski definition) is 0. The summed E-state index contributed by atoms with van der Waals surface area (Å²) in [7, 11) is 0. The van der Waals surface area contributed by atoms with Crippen LogP contribution in [0.1, 0.15) is 22.7 Å². The van der Waals surface area contributed by atoms with Gasteiger partial charge in [0, 0.05) is 61.2 Å². The van der Waals surface area contributed by atoms with Gasteiger partial charge in [-0.2, -0.15) is 0 Å². The highest BCUT2D eigenvalue weighted by Crippen LogP contribution is 2.40. The summed E-state index contributed by atoms with van der Waals surface area (Å²) in [5.41, 5.74) is 13.8. The molecule has 7 aromatic carbocycles. The molecular weight excluding hydrogens is 657 g/mol. The summed E-state index contributed by atoms with van der Waals surface area (Å²) >= 11 is 0. The average molecular weight is 691 g/mol. The van der Waals surface area contributed by atoms with Crippen LogP contribution in [0.2, 0.25) is 0 Å². The van der Waals surface area contributed by atoms with E-state index < -0.39 is 0 Å². The molecule has 3 heterocycles. The molecule has 0 aliphatic heterocycles. The van der Waals surface area contributed by atoms with Crippen LogP contribution in [-0.2, 0) is 6.42 Å². The Morgan fingerprint density at radius 2 is 1.06 bits per heavy atom. The zero-order valence-corrected chi connectivity index (χ0v) is 29.5. The third kappa shape index (κ3) is 4.84. The molecule has 0 radical (unpaired) electrons. The van der Waals surface area contributed by atoms with E-state index in [1.54, 1.807) is 0 Å². The van der Waals surface area contributed by atoms with Crippen LogP contribution in [0.25, 0.3) is 83.7 Å². The zero-order valence-electron chi connectivity index (χ0n) is 29.5. The number of fused-ring (bicyclic) bond motifs is 7. The minimum atomic E-state index is 0.213. The minimum Gasteiger partial charge on any atom is -0.313 e. The molecule has 3 aromatic heterocycles. The summed E-state index contributed by atoms with van der Waals surface area (Å²) in [6.07, 6.45) is 5.61. The number of benzene rings is 7. The third-order valence-corrected chi connectivity index (χ3v) is 11.1. The minimum absolute atomic E-state index is 0.213. The Balaban J connectivity index is 1.00. The molecule has 54 heavy (non-hydrogen) atoms. The summed E-state index contributed by atoms with van der Waals surface area (Å²) < 4.78 is 4.79. The van der Waals surface area contributed by atoms with Crippen LogP contribution < -0.4 is 0 Å². The Labute approximate surface area is 312 Å². The summed E-state index contributed by atoms with van der Waals surface area (Å²) in [6.45, 7) is 0. The van der Waals surface area contributed by atoms with Crippen molar-refractivity contribution < 1.29 is 0 Å². The molecule has 11 rings (SSSR count). The lowest BCUT2D eigenvalue weighted by Crippen LogP contribution is -2.10. The van der Waals surface area contributed by atoms with Gasteiger partial charge in [0.25, 0.3) is 0 Å². The quantitative estimate of drug-likeness (QED) is 0.180. The fourth-order valence-electron chi connectivity index (χ4n) is 8.58. The second-order valence-electron chi connectivity index (χ2n) is 14.2. The third-order valence-electron chi connectivity index (χ3n) is 11.1. The monoisotopic (exact) mass is 690 g/mol. The zero-order chi connectivity index (χ0) is 35.6. The van der Waals surface area contributed by atoms with E-state index in [1.165, 1.54) is 55.2 Å². The van der Waals surface area contributed by atoms with Crippen molar-refractivity contribution in [1.82, 2.24) is 19.1 Å². The molecule has 0 bridgehead atoms. The second-order valence-corrected chi connectivity index (χ2v) is 14.2. The van der Waals surface area contributed by atoms with Crippen LogP contribution in [0.5, 0.6) is 0 Å². The molecule has 0 fully saturated rings. The van der Waals surface area contributed by atoms with E-state index in [9.17, 15) is 0 Å². The number of para-hydroxylation sites is 4. The normalized spacial score (nSPS) is 14.0. The highest BCUT2D eigenvalue weighted by molar-refractivity contribution is 6.09. The molecule has 1 atom stereocenters. The summed E-state index contributed by atoms with van der Waals surface area (Å²) in [6, 6.07) is 62.7. The smallest absolute Gasteiger partial charge is 0.160 e. The van der Waals surface area contributed by atoms with Crippen LogP contribution >= 0.6 is 0 Å². The highest BCUT2D eigenvalue weighted by atomic mass is 15.0. The number of hydrogen-bond acceptors (Lipinski definition) is 2. The van der Waals surface area contributed by atoms with Gasteiger partial charge in [0.05, 0.1) is 27.8 Å². The first-order chi connectivity index (χ1) is 26.8. The van der Waals surface area contributed by atoms with Gasteiger partial charge in [0.15, 0.2) is 5.82 Å². The van der Waals surface area contributed by atoms with Gasteiger partial charge >= 0.3 is 0 Å². The standard InChI is InChI=1S/C50H34N4/c1-3-13-33(14-4-1)49-43-31-35(36-25-29-42-41-19-9-12-22-47(41)54(48(42)32-36)37-15-5-2-6-16-37)26-30-44(43)51-50(52-49)34-23-27-38(28-24-34)53-45-20-10-7-17-39(45)40-18-8-11-21-46(40)53/h1-31,36H,32H2/t36-/m0/s1. The van der Waals surface area contributed by atoms with Gasteiger partial charge in [-0.25, -0.2) is 9.97 Å². The van der Waals surface area contributed by atoms with Crippen LogP contribution in [0.4, 0.5) is 0 Å². The summed E-state index contributed by atoms with van der Waals surface area (Å²) in [5.74, 6) is 0.933. The predicted molar refractivity (Wildman–Crippen MR) is 224 cm³/mol. The van der Waals surface area contributed by atoms with Crippen molar-refractivity contribution in [1.29, 1.82) is 0 Å². The number of nitrogens with zero attached hydrogens (tertiary/aromatic N) is 4. The first kappa shape index (κ1) is 30.6. The van der Waals surface area contributed by atoms with Gasteiger partial charge in [0.1, 0.15) is 0 Å². The van der Waals surface area contributed by atoms with Gasteiger partial charge in [-0.3, -0.25) is 0 Å². The molecule has 1 aliphatic carbocycles. The topological polar surface area (TPSA) is 35.6 Å². The van der Waals surface area contributed by atoms with E-state index in [1.807, 2.05) is 0 Å². The van der Waals surface area contributed by atoms with Gasteiger partial charge in [-0.1, -0.05) is 121 Å².